The van der Waals surface area contributed by atoms with Crippen LogP contribution in [-0.4, -0.2) is 33.2 Å². The molecule has 134 valence electrons. The van der Waals surface area contributed by atoms with Crippen LogP contribution in [0, 0.1) is 6.92 Å². The Morgan fingerprint density at radius 2 is 1.88 bits per heavy atom. The molecule has 0 radical (unpaired) electrons. The van der Waals surface area contributed by atoms with Gasteiger partial charge in [-0.25, -0.2) is 13.4 Å². The van der Waals surface area contributed by atoms with Gasteiger partial charge in [0, 0.05) is 18.6 Å². The smallest absolute Gasteiger partial charge is 0.144 e. The van der Waals surface area contributed by atoms with Crippen molar-refractivity contribution in [1.29, 1.82) is 0 Å². The molecule has 0 aromatic heterocycles. The van der Waals surface area contributed by atoms with Gasteiger partial charge in [0.1, 0.15) is 10.7 Å². The summed E-state index contributed by atoms with van der Waals surface area (Å²) in [5.41, 5.74) is 4.55. The van der Waals surface area contributed by atoms with Crippen LogP contribution >= 0.6 is 11.6 Å². The Labute approximate surface area is 156 Å². The lowest BCUT2D eigenvalue weighted by molar-refractivity contribution is 0.552. The normalized spacial score (nSPS) is 11.4. The highest BCUT2D eigenvalue weighted by Gasteiger charge is 2.10. The lowest BCUT2D eigenvalue weighted by atomic mass is 9.97. The maximum atomic E-state index is 11.3. The number of thiol groups is 1. The van der Waals surface area contributed by atoms with Gasteiger partial charge in [0.25, 0.3) is 0 Å². The molecule has 0 heterocycles. The van der Waals surface area contributed by atoms with Gasteiger partial charge < -0.3 is 4.90 Å². The first kappa shape index (κ1) is 19.5. The van der Waals surface area contributed by atoms with E-state index in [1.807, 2.05) is 62.2 Å². The second kappa shape index (κ2) is 9.02. The monoisotopic (exact) mass is 378 g/mol. The molecule has 0 saturated heterocycles. The van der Waals surface area contributed by atoms with Crippen LogP contribution in [0.5, 0.6) is 0 Å². The number of halogens is 1. The largest absolute Gasteiger partial charge is 0.366 e. The third kappa shape index (κ3) is 5.58. The number of benzene rings is 2. The minimum absolute atomic E-state index is 0.0202. The Hall–Kier alpha value is -1.85. The molecule has 0 fully saturated rings. The molecule has 0 bridgehead atoms. The molecule has 2 rings (SSSR count). The number of aryl methyl sites for hydroxylation is 1. The van der Waals surface area contributed by atoms with Crippen LogP contribution in [-0.2, 0) is 22.9 Å². The Bertz CT molecular complexity index is 839. The van der Waals surface area contributed by atoms with E-state index in [-0.39, 0.29) is 5.75 Å². The van der Waals surface area contributed by atoms with Crippen LogP contribution in [0.15, 0.2) is 41.4 Å². The highest BCUT2D eigenvalue weighted by Crippen LogP contribution is 2.28. The fourth-order valence-corrected chi connectivity index (χ4v) is 3.19. The molecule has 2 aromatic carbocycles. The molecule has 0 unspecified atom stereocenters. The number of nitrogens with zero attached hydrogens (tertiary/aromatic N) is 2. The maximum Gasteiger partial charge on any atom is 0.144 e. The minimum atomic E-state index is -2.52. The van der Waals surface area contributed by atoms with Crippen LogP contribution in [0.25, 0.3) is 0 Å². The van der Waals surface area contributed by atoms with E-state index in [4.69, 9.17) is 11.6 Å². The quantitative estimate of drug-likeness (QED) is 0.450. The van der Waals surface area contributed by atoms with E-state index in [9.17, 15) is 8.42 Å². The Morgan fingerprint density at radius 1 is 1.16 bits per heavy atom. The van der Waals surface area contributed by atoms with Crippen LogP contribution in [0.1, 0.15) is 29.2 Å². The predicted molar refractivity (Wildman–Crippen MR) is 106 cm³/mol. The van der Waals surface area contributed by atoms with Crippen LogP contribution in [0.3, 0.4) is 0 Å². The summed E-state index contributed by atoms with van der Waals surface area (Å²) in [7, 11) is -0.597. The van der Waals surface area contributed by atoms with E-state index >= 15 is 0 Å². The van der Waals surface area contributed by atoms with Crippen LogP contribution in [0.4, 0.5) is 5.69 Å². The molecular formula is C19H23ClN2O2S. The number of hydrogen-bond acceptors (Lipinski definition) is 3. The topological polar surface area (TPSA) is 49.7 Å². The average Bonchev–Trinajstić information content (AvgIpc) is 2.57. The van der Waals surface area contributed by atoms with Crippen molar-refractivity contribution in [3.05, 3.63) is 63.7 Å². The highest BCUT2D eigenvalue weighted by molar-refractivity contribution is 7.71. The molecule has 25 heavy (non-hydrogen) atoms. The summed E-state index contributed by atoms with van der Waals surface area (Å²) >= 11 is 6.26. The second-order valence-electron chi connectivity index (χ2n) is 5.98. The van der Waals surface area contributed by atoms with Crippen molar-refractivity contribution in [3.63, 3.8) is 0 Å². The summed E-state index contributed by atoms with van der Waals surface area (Å²) in [5.74, 6) is -0.0202. The fraction of sp³-hybridized carbons (Fsp3) is 0.316. The Morgan fingerprint density at radius 3 is 2.52 bits per heavy atom. The van der Waals surface area contributed by atoms with Gasteiger partial charge in [-0.3, -0.25) is 0 Å². The van der Waals surface area contributed by atoms with Crippen molar-refractivity contribution in [3.8, 4) is 0 Å². The number of rotatable bonds is 7. The van der Waals surface area contributed by atoms with E-state index in [2.05, 4.69) is 4.99 Å². The zero-order valence-corrected chi connectivity index (χ0v) is 16.3. The van der Waals surface area contributed by atoms with Crippen molar-refractivity contribution in [2.45, 2.75) is 26.0 Å². The van der Waals surface area contributed by atoms with E-state index in [0.717, 1.165) is 23.2 Å². The summed E-state index contributed by atoms with van der Waals surface area (Å²) in [6.45, 7) is 4.87. The Balaban J connectivity index is 2.42. The van der Waals surface area contributed by atoms with Gasteiger partial charge in [-0.05, 0) is 54.7 Å². The SMILES string of the molecule is CCN(C)C=Nc1cc(C)c(Cc2ccccc2Cl)cc1C[SH](=O)=O. The first-order chi connectivity index (χ1) is 11.9. The van der Waals surface area contributed by atoms with E-state index in [1.54, 1.807) is 6.34 Å². The van der Waals surface area contributed by atoms with Crippen molar-refractivity contribution >= 4 is 34.3 Å². The maximum absolute atomic E-state index is 11.3. The molecule has 0 aliphatic rings. The molecule has 0 aliphatic carbocycles. The number of hydrogen-bond donors (Lipinski definition) is 1. The molecule has 0 saturated carbocycles. The first-order valence-electron chi connectivity index (χ1n) is 8.12. The summed E-state index contributed by atoms with van der Waals surface area (Å²) < 4.78 is 22.6. The molecule has 0 spiro atoms. The fourth-order valence-electron chi connectivity index (χ4n) is 2.45. The molecular weight excluding hydrogens is 356 g/mol. The lowest BCUT2D eigenvalue weighted by Crippen LogP contribution is -2.14. The summed E-state index contributed by atoms with van der Waals surface area (Å²) in [6, 6.07) is 11.6. The van der Waals surface area contributed by atoms with Gasteiger partial charge in [-0.2, -0.15) is 0 Å². The van der Waals surface area contributed by atoms with Crippen molar-refractivity contribution in [2.75, 3.05) is 13.6 Å². The Kier molecular flexibility index (Phi) is 7.02. The zero-order chi connectivity index (χ0) is 18.4. The molecule has 6 heteroatoms. The van der Waals surface area contributed by atoms with Crippen molar-refractivity contribution in [1.82, 2.24) is 4.90 Å². The lowest BCUT2D eigenvalue weighted by Gasteiger charge is -2.13. The standard InChI is InChI=1S/C19H23ClN2O2S/c1-4-22(3)13-21-19-9-14(2)16(11-17(19)12-25(23)24)10-15-7-5-6-8-18(15)20/h5-9,11,13,25H,4,10,12H2,1-3H3. The predicted octanol–water partition coefficient (Wildman–Crippen LogP) is 3.96. The van der Waals surface area contributed by atoms with E-state index < -0.39 is 10.7 Å². The number of aliphatic imine (C=N–C) groups is 1. The molecule has 0 aliphatic heterocycles. The van der Waals surface area contributed by atoms with Gasteiger partial charge in [0.15, 0.2) is 0 Å². The second-order valence-corrected chi connectivity index (χ2v) is 7.37. The third-order valence-electron chi connectivity index (χ3n) is 4.07. The summed E-state index contributed by atoms with van der Waals surface area (Å²) in [5, 5.41) is 0.713. The molecule has 0 amide bonds. The highest BCUT2D eigenvalue weighted by atomic mass is 35.5. The van der Waals surface area contributed by atoms with Gasteiger partial charge in [-0.15, -0.1) is 0 Å². The third-order valence-corrected chi connectivity index (χ3v) is 5.04. The van der Waals surface area contributed by atoms with Crippen molar-refractivity contribution < 1.29 is 8.42 Å². The van der Waals surface area contributed by atoms with E-state index in [1.165, 1.54) is 0 Å². The van der Waals surface area contributed by atoms with Gasteiger partial charge in [0.05, 0.1) is 17.8 Å². The van der Waals surface area contributed by atoms with Gasteiger partial charge >= 0.3 is 0 Å². The average molecular weight is 379 g/mol. The molecule has 0 atom stereocenters. The first-order valence-corrected chi connectivity index (χ1v) is 9.86. The zero-order valence-electron chi connectivity index (χ0n) is 14.7. The summed E-state index contributed by atoms with van der Waals surface area (Å²) in [6.07, 6.45) is 2.39. The molecule has 0 N–H and O–H groups in total. The van der Waals surface area contributed by atoms with Crippen molar-refractivity contribution in [2.24, 2.45) is 4.99 Å². The minimum Gasteiger partial charge on any atom is -0.366 e. The molecule has 2 aromatic rings. The van der Waals surface area contributed by atoms with Gasteiger partial charge in [-0.1, -0.05) is 35.9 Å². The van der Waals surface area contributed by atoms with Gasteiger partial charge in [0.2, 0.25) is 0 Å². The summed E-state index contributed by atoms with van der Waals surface area (Å²) in [4.78, 5) is 6.40. The van der Waals surface area contributed by atoms with E-state index in [0.29, 0.717) is 22.7 Å². The van der Waals surface area contributed by atoms with Crippen LogP contribution < -0.4 is 0 Å². The van der Waals surface area contributed by atoms with Crippen LogP contribution in [0.2, 0.25) is 5.02 Å². The molecule has 4 nitrogen and oxygen atoms in total.